The Morgan fingerprint density at radius 3 is 2.44 bits per heavy atom. The summed E-state index contributed by atoms with van der Waals surface area (Å²) in [6.07, 6.45) is 1.47. The standard InChI is InChI=1S/C16H28F3N5S/c1-20-15(21-9-7-5-4-6-8-10-24(2)3)22-11-14-23-13(12-25-14)16(17,18)19/h12H,4-11H2,1-3H3,(H2,20,21,22). The van der Waals surface area contributed by atoms with Crippen molar-refractivity contribution in [2.24, 2.45) is 4.99 Å². The maximum Gasteiger partial charge on any atom is 0.434 e. The van der Waals surface area contributed by atoms with Crippen LogP contribution in [0.15, 0.2) is 10.4 Å². The fourth-order valence-corrected chi connectivity index (χ4v) is 2.93. The zero-order valence-electron chi connectivity index (χ0n) is 15.1. The zero-order chi connectivity index (χ0) is 18.7. The minimum absolute atomic E-state index is 0.227. The van der Waals surface area contributed by atoms with E-state index in [2.05, 4.69) is 39.6 Å². The highest BCUT2D eigenvalue weighted by molar-refractivity contribution is 7.09. The Kier molecular flexibility index (Phi) is 9.81. The number of rotatable bonds is 10. The van der Waals surface area contributed by atoms with Crippen molar-refractivity contribution in [3.63, 3.8) is 0 Å². The summed E-state index contributed by atoms with van der Waals surface area (Å²) in [6.45, 7) is 2.14. The summed E-state index contributed by atoms with van der Waals surface area (Å²) in [5.74, 6) is 0.580. The summed E-state index contributed by atoms with van der Waals surface area (Å²) >= 11 is 0.991. The van der Waals surface area contributed by atoms with Crippen LogP contribution in [0.2, 0.25) is 0 Å². The van der Waals surface area contributed by atoms with Gasteiger partial charge in [-0.3, -0.25) is 4.99 Å². The minimum atomic E-state index is -4.39. The molecule has 5 nitrogen and oxygen atoms in total. The van der Waals surface area contributed by atoms with E-state index in [1.807, 2.05) is 0 Å². The first-order chi connectivity index (χ1) is 11.8. The minimum Gasteiger partial charge on any atom is -0.356 e. The highest BCUT2D eigenvalue weighted by Crippen LogP contribution is 2.29. The van der Waals surface area contributed by atoms with Crippen molar-refractivity contribution in [2.75, 3.05) is 34.2 Å². The van der Waals surface area contributed by atoms with Crippen molar-refractivity contribution in [1.82, 2.24) is 20.5 Å². The third-order valence-electron chi connectivity index (χ3n) is 3.55. The van der Waals surface area contributed by atoms with Gasteiger partial charge in [0.05, 0.1) is 6.54 Å². The summed E-state index contributed by atoms with van der Waals surface area (Å²) in [5, 5.41) is 7.58. The monoisotopic (exact) mass is 379 g/mol. The highest BCUT2D eigenvalue weighted by atomic mass is 32.1. The van der Waals surface area contributed by atoms with Crippen LogP contribution >= 0.6 is 11.3 Å². The van der Waals surface area contributed by atoms with Crippen LogP contribution in [0.3, 0.4) is 0 Å². The lowest BCUT2D eigenvalue weighted by Crippen LogP contribution is -2.37. The number of halogens is 3. The number of aromatic nitrogens is 1. The van der Waals surface area contributed by atoms with Crippen LogP contribution in [-0.2, 0) is 12.7 Å². The molecule has 0 aliphatic heterocycles. The van der Waals surface area contributed by atoms with E-state index in [1.165, 1.54) is 19.3 Å². The molecule has 144 valence electrons. The number of nitrogens with one attached hydrogen (secondary N) is 2. The number of alkyl halides is 3. The van der Waals surface area contributed by atoms with E-state index in [0.717, 1.165) is 42.6 Å². The molecule has 1 aromatic heterocycles. The summed E-state index contributed by atoms with van der Waals surface area (Å²) in [5.41, 5.74) is -0.841. The average Bonchev–Trinajstić information content (AvgIpc) is 3.01. The molecule has 0 aromatic carbocycles. The smallest absolute Gasteiger partial charge is 0.356 e. The third-order valence-corrected chi connectivity index (χ3v) is 4.40. The van der Waals surface area contributed by atoms with Gasteiger partial charge in [0.15, 0.2) is 11.7 Å². The van der Waals surface area contributed by atoms with E-state index in [1.54, 1.807) is 7.05 Å². The van der Waals surface area contributed by atoms with Gasteiger partial charge >= 0.3 is 6.18 Å². The predicted molar refractivity (Wildman–Crippen MR) is 97.0 cm³/mol. The highest BCUT2D eigenvalue weighted by Gasteiger charge is 2.33. The van der Waals surface area contributed by atoms with Gasteiger partial charge in [-0.1, -0.05) is 19.3 Å². The van der Waals surface area contributed by atoms with Crippen molar-refractivity contribution in [3.05, 3.63) is 16.1 Å². The Balaban J connectivity index is 2.15. The van der Waals surface area contributed by atoms with E-state index in [4.69, 9.17) is 0 Å². The lowest BCUT2D eigenvalue weighted by Gasteiger charge is -2.11. The predicted octanol–water partition coefficient (Wildman–Crippen LogP) is 3.34. The van der Waals surface area contributed by atoms with Crippen LogP contribution in [0.5, 0.6) is 0 Å². The van der Waals surface area contributed by atoms with Crippen LogP contribution in [0, 0.1) is 0 Å². The second kappa shape index (κ2) is 11.3. The van der Waals surface area contributed by atoms with Gasteiger partial charge < -0.3 is 15.5 Å². The number of guanidine groups is 1. The number of aliphatic imine (C=N–C) groups is 1. The molecular weight excluding hydrogens is 351 g/mol. The molecule has 0 spiro atoms. The Labute approximate surface area is 151 Å². The van der Waals surface area contributed by atoms with E-state index in [-0.39, 0.29) is 6.54 Å². The maximum absolute atomic E-state index is 12.5. The Morgan fingerprint density at radius 2 is 1.84 bits per heavy atom. The lowest BCUT2D eigenvalue weighted by molar-refractivity contribution is -0.140. The van der Waals surface area contributed by atoms with Crippen LogP contribution in [0.1, 0.15) is 42.8 Å². The van der Waals surface area contributed by atoms with Crippen molar-refractivity contribution < 1.29 is 13.2 Å². The Hall–Kier alpha value is -1.35. The lowest BCUT2D eigenvalue weighted by atomic mass is 10.1. The van der Waals surface area contributed by atoms with Gasteiger partial charge in [0, 0.05) is 19.0 Å². The zero-order valence-corrected chi connectivity index (χ0v) is 15.9. The molecule has 0 saturated carbocycles. The molecular formula is C16H28F3N5S. The van der Waals surface area contributed by atoms with Crippen LogP contribution < -0.4 is 10.6 Å². The molecule has 9 heteroatoms. The van der Waals surface area contributed by atoms with E-state index >= 15 is 0 Å². The topological polar surface area (TPSA) is 52.6 Å². The second-order valence-corrected chi connectivity index (χ2v) is 6.99. The van der Waals surface area contributed by atoms with E-state index < -0.39 is 11.9 Å². The molecule has 0 fully saturated rings. The summed E-state index contributed by atoms with van der Waals surface area (Å²) < 4.78 is 37.5. The van der Waals surface area contributed by atoms with Gasteiger partial charge in [-0.15, -0.1) is 11.3 Å². The quantitative estimate of drug-likeness (QED) is 0.372. The molecule has 0 aliphatic carbocycles. The van der Waals surface area contributed by atoms with E-state index in [0.29, 0.717) is 11.0 Å². The van der Waals surface area contributed by atoms with Crippen LogP contribution in [0.4, 0.5) is 13.2 Å². The Bertz CT molecular complexity index is 514. The first kappa shape index (κ1) is 21.7. The third kappa shape index (κ3) is 9.64. The maximum atomic E-state index is 12.5. The molecule has 0 amide bonds. The number of unbranched alkanes of at least 4 members (excludes halogenated alkanes) is 4. The molecule has 25 heavy (non-hydrogen) atoms. The van der Waals surface area contributed by atoms with E-state index in [9.17, 15) is 13.2 Å². The molecule has 0 bridgehead atoms. The van der Waals surface area contributed by atoms with Crippen molar-refractivity contribution in [3.8, 4) is 0 Å². The molecule has 0 atom stereocenters. The van der Waals surface area contributed by atoms with Crippen molar-refractivity contribution in [1.29, 1.82) is 0 Å². The molecule has 0 radical (unpaired) electrons. The second-order valence-electron chi connectivity index (χ2n) is 6.05. The number of thiazole rings is 1. The normalized spacial score (nSPS) is 12.7. The first-order valence-corrected chi connectivity index (χ1v) is 9.31. The van der Waals surface area contributed by atoms with Gasteiger partial charge in [0.25, 0.3) is 0 Å². The van der Waals surface area contributed by atoms with Crippen LogP contribution in [-0.4, -0.2) is 50.1 Å². The first-order valence-electron chi connectivity index (χ1n) is 8.43. The number of nitrogens with zero attached hydrogens (tertiary/aromatic N) is 3. The van der Waals surface area contributed by atoms with Gasteiger partial charge in [-0.25, -0.2) is 4.98 Å². The van der Waals surface area contributed by atoms with Crippen LogP contribution in [0.25, 0.3) is 0 Å². The van der Waals surface area contributed by atoms with Gasteiger partial charge in [-0.05, 0) is 33.5 Å². The fourth-order valence-electron chi connectivity index (χ4n) is 2.19. The molecule has 0 unspecified atom stereocenters. The molecule has 1 aromatic rings. The molecule has 1 rings (SSSR count). The Morgan fingerprint density at radius 1 is 1.16 bits per heavy atom. The largest absolute Gasteiger partial charge is 0.434 e. The molecule has 2 N–H and O–H groups in total. The summed E-state index contributed by atoms with van der Waals surface area (Å²) in [4.78, 5) is 9.84. The van der Waals surface area contributed by atoms with Gasteiger partial charge in [0.1, 0.15) is 5.01 Å². The number of hydrogen-bond acceptors (Lipinski definition) is 4. The number of hydrogen-bond donors (Lipinski definition) is 2. The van der Waals surface area contributed by atoms with Crippen molar-refractivity contribution in [2.45, 2.75) is 44.8 Å². The van der Waals surface area contributed by atoms with Crippen molar-refractivity contribution >= 4 is 17.3 Å². The molecule has 0 saturated heterocycles. The average molecular weight is 379 g/mol. The summed E-state index contributed by atoms with van der Waals surface area (Å²) in [7, 11) is 5.80. The van der Waals surface area contributed by atoms with Gasteiger partial charge in [0.2, 0.25) is 0 Å². The molecule has 0 aliphatic rings. The van der Waals surface area contributed by atoms with Gasteiger partial charge in [-0.2, -0.15) is 13.2 Å². The fraction of sp³-hybridized carbons (Fsp3) is 0.750. The molecule has 1 heterocycles. The summed E-state index contributed by atoms with van der Waals surface area (Å²) in [6, 6.07) is 0. The SMILES string of the molecule is CN=C(NCCCCCCCN(C)C)NCc1nc(C(F)(F)F)cs1.